The van der Waals surface area contributed by atoms with E-state index in [0.29, 0.717) is 5.88 Å². The first kappa shape index (κ1) is 12.8. The molecule has 100 valence electrons. The Morgan fingerprint density at radius 1 is 1.21 bits per heavy atom. The summed E-state index contributed by atoms with van der Waals surface area (Å²) in [5.74, 6) is 0.463. The van der Waals surface area contributed by atoms with Gasteiger partial charge in [0.05, 0.1) is 11.3 Å². The highest BCUT2D eigenvalue weighted by molar-refractivity contribution is 6.17. The van der Waals surface area contributed by atoms with E-state index in [2.05, 4.69) is 15.9 Å². The maximum absolute atomic E-state index is 9.29. The minimum absolute atomic E-state index is 0.463. The Hall–Kier alpha value is -1.24. The Balaban J connectivity index is 1.73. The first-order valence-corrected chi connectivity index (χ1v) is 7.43. The summed E-state index contributed by atoms with van der Waals surface area (Å²) in [6.45, 7) is 4.27. The third kappa shape index (κ3) is 2.70. The fourth-order valence-electron chi connectivity index (χ4n) is 2.80. The van der Waals surface area contributed by atoms with Gasteiger partial charge in [0.15, 0.2) is 0 Å². The lowest BCUT2D eigenvalue weighted by molar-refractivity contribution is 0.248. The minimum Gasteiger partial charge on any atom is -0.368 e. The van der Waals surface area contributed by atoms with Crippen LogP contribution < -0.4 is 4.90 Å². The summed E-state index contributed by atoms with van der Waals surface area (Å²) in [6, 6.07) is 9.12. The largest absolute Gasteiger partial charge is 0.368 e. The van der Waals surface area contributed by atoms with Crippen LogP contribution in [-0.4, -0.2) is 37.1 Å². The monoisotopic (exact) mass is 275 g/mol. The second-order valence-electron chi connectivity index (χ2n) is 5.35. The second kappa shape index (κ2) is 5.40. The normalized spacial score (nSPS) is 20.3. The van der Waals surface area contributed by atoms with Crippen molar-refractivity contribution < 1.29 is 0 Å². The number of nitrogens with zero attached hydrogens (tertiary/aromatic N) is 3. The van der Waals surface area contributed by atoms with E-state index in [0.717, 1.165) is 49.0 Å². The summed E-state index contributed by atoms with van der Waals surface area (Å²) in [6.07, 6.45) is 2.74. The van der Waals surface area contributed by atoms with Crippen LogP contribution in [0.5, 0.6) is 0 Å². The van der Waals surface area contributed by atoms with Gasteiger partial charge in [-0.25, -0.2) is 0 Å². The number of alkyl halides is 1. The molecule has 0 amide bonds. The number of nitriles is 1. The lowest BCUT2D eigenvalue weighted by Crippen LogP contribution is -2.47. The van der Waals surface area contributed by atoms with Crippen molar-refractivity contribution in [2.45, 2.75) is 24.8 Å². The Bertz CT molecular complexity index is 497. The smallest absolute Gasteiger partial charge is 0.101 e. The second-order valence-corrected chi connectivity index (χ2v) is 5.62. The number of rotatable bonds is 3. The Morgan fingerprint density at radius 2 is 1.95 bits per heavy atom. The van der Waals surface area contributed by atoms with Crippen molar-refractivity contribution in [1.29, 1.82) is 5.26 Å². The molecule has 3 rings (SSSR count). The van der Waals surface area contributed by atoms with Crippen LogP contribution in [0.3, 0.4) is 0 Å². The van der Waals surface area contributed by atoms with Gasteiger partial charge in [0.2, 0.25) is 0 Å². The van der Waals surface area contributed by atoms with Crippen LogP contribution in [0.2, 0.25) is 0 Å². The highest BCUT2D eigenvalue weighted by Crippen LogP contribution is 2.29. The van der Waals surface area contributed by atoms with E-state index >= 15 is 0 Å². The number of piperazine rings is 1. The van der Waals surface area contributed by atoms with E-state index < -0.39 is 0 Å². The highest BCUT2D eigenvalue weighted by atomic mass is 35.5. The number of hydrogen-bond acceptors (Lipinski definition) is 3. The number of halogens is 1. The summed E-state index contributed by atoms with van der Waals surface area (Å²) in [4.78, 5) is 4.91. The van der Waals surface area contributed by atoms with Gasteiger partial charge in [-0.3, -0.25) is 4.90 Å². The van der Waals surface area contributed by atoms with Crippen LogP contribution >= 0.6 is 11.6 Å². The molecule has 0 aromatic heterocycles. The lowest BCUT2D eigenvalue weighted by atomic mass is 10.1. The van der Waals surface area contributed by atoms with Crippen LogP contribution in [0, 0.1) is 11.3 Å². The third-order valence-electron chi connectivity index (χ3n) is 4.05. The third-order valence-corrected chi connectivity index (χ3v) is 4.36. The molecule has 1 aliphatic carbocycles. The van der Waals surface area contributed by atoms with Gasteiger partial charge in [-0.05, 0) is 30.5 Å². The Labute approximate surface area is 119 Å². The molecule has 0 spiro atoms. The maximum Gasteiger partial charge on any atom is 0.101 e. The molecule has 1 aromatic carbocycles. The van der Waals surface area contributed by atoms with Crippen LogP contribution in [-0.2, 0) is 5.88 Å². The van der Waals surface area contributed by atoms with Crippen molar-refractivity contribution in [1.82, 2.24) is 4.90 Å². The van der Waals surface area contributed by atoms with Crippen molar-refractivity contribution in [3.05, 3.63) is 29.3 Å². The van der Waals surface area contributed by atoms with Crippen LogP contribution in [0.15, 0.2) is 18.2 Å². The summed E-state index contributed by atoms with van der Waals surface area (Å²) >= 11 is 5.83. The zero-order valence-electron chi connectivity index (χ0n) is 11.0. The van der Waals surface area contributed by atoms with Crippen molar-refractivity contribution >= 4 is 17.3 Å². The van der Waals surface area contributed by atoms with E-state index in [1.807, 2.05) is 18.2 Å². The molecule has 1 aromatic rings. The predicted molar refractivity (Wildman–Crippen MR) is 77.5 cm³/mol. The lowest BCUT2D eigenvalue weighted by Gasteiger charge is -2.36. The average Bonchev–Trinajstić information content (AvgIpc) is 3.31. The molecule has 0 radical (unpaired) electrons. The van der Waals surface area contributed by atoms with Gasteiger partial charge in [-0.15, -0.1) is 11.6 Å². The van der Waals surface area contributed by atoms with Gasteiger partial charge in [-0.1, -0.05) is 6.07 Å². The van der Waals surface area contributed by atoms with Gasteiger partial charge in [-0.2, -0.15) is 5.26 Å². The average molecular weight is 276 g/mol. The SMILES string of the molecule is N#Cc1cc(CCl)ccc1N1CCN(C2CC2)CC1. The van der Waals surface area contributed by atoms with Crippen LogP contribution in [0.25, 0.3) is 0 Å². The molecule has 1 heterocycles. The molecule has 0 bridgehead atoms. The topological polar surface area (TPSA) is 30.3 Å². The summed E-state index contributed by atoms with van der Waals surface area (Å²) in [5.41, 5.74) is 2.82. The fraction of sp³-hybridized carbons (Fsp3) is 0.533. The number of anilines is 1. The number of hydrogen-bond donors (Lipinski definition) is 0. The van der Waals surface area contributed by atoms with E-state index in [1.54, 1.807) is 0 Å². The van der Waals surface area contributed by atoms with Crippen molar-refractivity contribution in [3.8, 4) is 6.07 Å². The van der Waals surface area contributed by atoms with Gasteiger partial charge in [0.25, 0.3) is 0 Å². The van der Waals surface area contributed by atoms with Crippen molar-refractivity contribution in [3.63, 3.8) is 0 Å². The molecule has 2 fully saturated rings. The van der Waals surface area contributed by atoms with E-state index in [1.165, 1.54) is 12.8 Å². The number of benzene rings is 1. The zero-order chi connectivity index (χ0) is 13.2. The molecule has 1 aliphatic heterocycles. The van der Waals surface area contributed by atoms with Crippen molar-refractivity contribution in [2.75, 3.05) is 31.1 Å². The summed E-state index contributed by atoms with van der Waals surface area (Å²) in [7, 11) is 0. The predicted octanol–water partition coefficient (Wildman–Crippen LogP) is 2.58. The quantitative estimate of drug-likeness (QED) is 0.795. The highest BCUT2D eigenvalue weighted by Gasteiger charge is 2.31. The van der Waals surface area contributed by atoms with Gasteiger partial charge < -0.3 is 4.90 Å². The molecule has 1 saturated carbocycles. The Morgan fingerprint density at radius 3 is 2.53 bits per heavy atom. The van der Waals surface area contributed by atoms with Gasteiger partial charge in [0, 0.05) is 38.1 Å². The van der Waals surface area contributed by atoms with Gasteiger partial charge in [0.1, 0.15) is 6.07 Å². The standard InChI is InChI=1S/C15H18ClN3/c16-10-12-1-4-15(13(9-12)11-17)19-7-5-18(6-8-19)14-2-3-14/h1,4,9,14H,2-3,5-8,10H2. The van der Waals surface area contributed by atoms with E-state index in [4.69, 9.17) is 11.6 Å². The first-order chi connectivity index (χ1) is 9.31. The zero-order valence-corrected chi connectivity index (χ0v) is 11.7. The van der Waals surface area contributed by atoms with Crippen LogP contribution in [0.4, 0.5) is 5.69 Å². The first-order valence-electron chi connectivity index (χ1n) is 6.90. The molecule has 0 unspecified atom stereocenters. The Kier molecular flexibility index (Phi) is 3.63. The molecular weight excluding hydrogens is 258 g/mol. The van der Waals surface area contributed by atoms with Crippen molar-refractivity contribution in [2.24, 2.45) is 0 Å². The molecule has 1 saturated heterocycles. The summed E-state index contributed by atoms with van der Waals surface area (Å²) in [5, 5.41) is 9.29. The molecule has 19 heavy (non-hydrogen) atoms. The molecule has 0 N–H and O–H groups in total. The molecule has 4 heteroatoms. The maximum atomic E-state index is 9.29. The fourth-order valence-corrected chi connectivity index (χ4v) is 2.97. The van der Waals surface area contributed by atoms with Crippen LogP contribution in [0.1, 0.15) is 24.0 Å². The summed E-state index contributed by atoms with van der Waals surface area (Å²) < 4.78 is 0. The molecule has 3 nitrogen and oxygen atoms in total. The van der Waals surface area contributed by atoms with E-state index in [9.17, 15) is 5.26 Å². The minimum atomic E-state index is 0.463. The molecule has 2 aliphatic rings. The van der Waals surface area contributed by atoms with Gasteiger partial charge >= 0.3 is 0 Å². The molecular formula is C15H18ClN3. The molecule has 0 atom stereocenters. The van der Waals surface area contributed by atoms with E-state index in [-0.39, 0.29) is 0 Å².